The Morgan fingerprint density at radius 3 is 1.42 bits per heavy atom. The molecular weight excluding hydrogens is 723 g/mol. The van der Waals surface area contributed by atoms with E-state index >= 15 is 0 Å². The summed E-state index contributed by atoms with van der Waals surface area (Å²) in [4.78, 5) is 39.5. The van der Waals surface area contributed by atoms with Gasteiger partial charge < -0.3 is 33.3 Å². The van der Waals surface area contributed by atoms with Gasteiger partial charge in [0.1, 0.15) is 26.4 Å². The van der Waals surface area contributed by atoms with E-state index in [1.165, 1.54) is 116 Å². The number of allylic oxidation sites excluding steroid dienone is 2. The quantitative estimate of drug-likeness (QED) is 0.0194. The second kappa shape index (κ2) is 43.4. The SMILES string of the molecule is CCCCC/C=C\CCCCCCCCCCC(=O)OCC(COC(=O)CCC(OCCCCCCCC)OCCCCCCCC)COC(=O)OCCN(C)C. The molecule has 0 aliphatic rings. The molecule has 1 unspecified atom stereocenters. The third-order valence-electron chi connectivity index (χ3n) is 9.99. The molecule has 336 valence electrons. The Balaban J connectivity index is 4.68. The first-order chi connectivity index (χ1) is 27.8. The van der Waals surface area contributed by atoms with Crippen molar-refractivity contribution in [1.82, 2.24) is 4.90 Å². The van der Waals surface area contributed by atoms with E-state index in [-0.39, 0.29) is 38.8 Å². The van der Waals surface area contributed by atoms with Crippen LogP contribution >= 0.6 is 0 Å². The molecule has 0 aromatic heterocycles. The Morgan fingerprint density at radius 2 is 0.895 bits per heavy atom. The summed E-state index contributed by atoms with van der Waals surface area (Å²) in [6.07, 6.45) is 33.8. The minimum absolute atomic E-state index is 0.0175. The number of carbonyl (C=O) groups excluding carboxylic acids is 3. The monoisotopic (exact) mass is 812 g/mol. The van der Waals surface area contributed by atoms with E-state index in [1.54, 1.807) is 0 Å². The van der Waals surface area contributed by atoms with Crippen molar-refractivity contribution in [3.8, 4) is 0 Å². The summed E-state index contributed by atoms with van der Waals surface area (Å²) in [5.74, 6) is -1.21. The van der Waals surface area contributed by atoms with Crippen LogP contribution in [0.15, 0.2) is 12.2 Å². The van der Waals surface area contributed by atoms with Crippen LogP contribution in [0.25, 0.3) is 0 Å². The summed E-state index contributed by atoms with van der Waals surface area (Å²) < 4.78 is 33.7. The van der Waals surface area contributed by atoms with Gasteiger partial charge in [-0.15, -0.1) is 0 Å². The highest BCUT2D eigenvalue weighted by atomic mass is 16.7. The van der Waals surface area contributed by atoms with Crippen molar-refractivity contribution < 1.29 is 42.8 Å². The Hall–Kier alpha value is -2.17. The molecule has 0 aliphatic carbocycles. The predicted octanol–water partition coefficient (Wildman–Crippen LogP) is 12.3. The van der Waals surface area contributed by atoms with Gasteiger partial charge in [-0.3, -0.25) is 9.59 Å². The summed E-state index contributed by atoms with van der Waals surface area (Å²) >= 11 is 0. The largest absolute Gasteiger partial charge is 0.508 e. The van der Waals surface area contributed by atoms with Crippen LogP contribution in [0.2, 0.25) is 0 Å². The van der Waals surface area contributed by atoms with E-state index in [0.717, 1.165) is 44.9 Å². The first kappa shape index (κ1) is 54.8. The lowest BCUT2D eigenvalue weighted by Gasteiger charge is -2.20. The molecule has 10 nitrogen and oxygen atoms in total. The van der Waals surface area contributed by atoms with E-state index in [9.17, 15) is 14.4 Å². The van der Waals surface area contributed by atoms with Gasteiger partial charge in [0.2, 0.25) is 0 Å². The third kappa shape index (κ3) is 41.8. The zero-order valence-corrected chi connectivity index (χ0v) is 37.7. The van der Waals surface area contributed by atoms with Gasteiger partial charge in [0.25, 0.3) is 0 Å². The maximum absolute atomic E-state index is 12.9. The number of rotatable bonds is 43. The van der Waals surface area contributed by atoms with Crippen molar-refractivity contribution in [3.05, 3.63) is 12.2 Å². The summed E-state index contributed by atoms with van der Waals surface area (Å²) in [6, 6.07) is 0. The number of unbranched alkanes of at least 4 members (excludes halogenated alkanes) is 21. The number of likely N-dealkylation sites (N-methyl/N-ethyl adjacent to an activating group) is 1. The number of carbonyl (C=O) groups is 3. The van der Waals surface area contributed by atoms with E-state index in [0.29, 0.717) is 32.6 Å². The zero-order chi connectivity index (χ0) is 41.9. The van der Waals surface area contributed by atoms with Crippen molar-refractivity contribution in [2.75, 3.05) is 60.3 Å². The standard InChI is InChI=1S/C47H89NO9/c1-6-9-12-15-18-19-20-21-22-23-24-25-26-27-30-33-44(49)55-40-43(42-57-47(51)54-39-36-48(4)5)41-56-45(50)34-35-46(52-37-31-28-16-13-10-7-2)53-38-32-29-17-14-11-8-3/h18-19,43,46H,6-17,20-42H2,1-5H3/b19-18-. The minimum Gasteiger partial charge on any atom is -0.465 e. The van der Waals surface area contributed by atoms with Crippen LogP contribution in [0.4, 0.5) is 4.79 Å². The second-order valence-electron chi connectivity index (χ2n) is 16.0. The third-order valence-corrected chi connectivity index (χ3v) is 9.99. The topological polar surface area (TPSA) is 110 Å². The van der Waals surface area contributed by atoms with Gasteiger partial charge in [-0.05, 0) is 59.0 Å². The summed E-state index contributed by atoms with van der Waals surface area (Å²) in [6.45, 7) is 8.49. The Labute approximate surface area is 350 Å². The molecule has 0 heterocycles. The first-order valence-corrected chi connectivity index (χ1v) is 23.5. The normalized spacial score (nSPS) is 12.1. The molecule has 0 N–H and O–H groups in total. The highest BCUT2D eigenvalue weighted by Crippen LogP contribution is 2.14. The van der Waals surface area contributed by atoms with Crippen LogP contribution in [0.3, 0.4) is 0 Å². The lowest BCUT2D eigenvalue weighted by molar-refractivity contribution is -0.161. The van der Waals surface area contributed by atoms with Gasteiger partial charge in [0.05, 0.1) is 12.3 Å². The number of ether oxygens (including phenoxy) is 6. The van der Waals surface area contributed by atoms with Gasteiger partial charge in [-0.2, -0.15) is 0 Å². The molecule has 0 radical (unpaired) electrons. The fourth-order valence-corrected chi connectivity index (χ4v) is 6.23. The fourth-order valence-electron chi connectivity index (χ4n) is 6.23. The molecule has 0 saturated carbocycles. The highest BCUT2D eigenvalue weighted by Gasteiger charge is 2.20. The van der Waals surface area contributed by atoms with Gasteiger partial charge >= 0.3 is 18.1 Å². The number of nitrogens with zero attached hydrogens (tertiary/aromatic N) is 1. The van der Waals surface area contributed by atoms with E-state index in [1.807, 2.05) is 19.0 Å². The number of hydrogen-bond acceptors (Lipinski definition) is 10. The van der Waals surface area contributed by atoms with Crippen LogP contribution in [-0.4, -0.2) is 89.6 Å². The molecule has 0 spiro atoms. The van der Waals surface area contributed by atoms with Crippen LogP contribution < -0.4 is 0 Å². The van der Waals surface area contributed by atoms with Gasteiger partial charge in [0, 0.05) is 32.6 Å². The average Bonchev–Trinajstić information content (AvgIpc) is 3.19. The maximum Gasteiger partial charge on any atom is 0.508 e. The Kier molecular flexibility index (Phi) is 41.8. The van der Waals surface area contributed by atoms with E-state index < -0.39 is 24.3 Å². The lowest BCUT2D eigenvalue weighted by Crippen LogP contribution is -2.28. The summed E-state index contributed by atoms with van der Waals surface area (Å²) in [5, 5.41) is 0. The van der Waals surface area contributed by atoms with Crippen LogP contribution in [-0.2, 0) is 38.0 Å². The predicted molar refractivity (Wildman–Crippen MR) is 232 cm³/mol. The molecular formula is C47H89NO9. The van der Waals surface area contributed by atoms with E-state index in [2.05, 4.69) is 32.9 Å². The second-order valence-corrected chi connectivity index (χ2v) is 16.0. The van der Waals surface area contributed by atoms with Crippen molar-refractivity contribution in [1.29, 1.82) is 0 Å². The zero-order valence-electron chi connectivity index (χ0n) is 37.7. The molecule has 0 bridgehead atoms. The molecule has 10 heteroatoms. The highest BCUT2D eigenvalue weighted by molar-refractivity contribution is 5.69. The molecule has 0 aromatic carbocycles. The molecule has 0 saturated heterocycles. The molecule has 1 atom stereocenters. The summed E-state index contributed by atoms with van der Waals surface area (Å²) in [7, 11) is 3.77. The molecule has 0 aromatic rings. The number of hydrogen-bond donors (Lipinski definition) is 0. The van der Waals surface area contributed by atoms with E-state index in [4.69, 9.17) is 28.4 Å². The van der Waals surface area contributed by atoms with Crippen molar-refractivity contribution in [2.24, 2.45) is 5.92 Å². The Morgan fingerprint density at radius 1 is 0.474 bits per heavy atom. The fraction of sp³-hybridized carbons (Fsp3) is 0.894. The first-order valence-electron chi connectivity index (χ1n) is 23.5. The molecule has 57 heavy (non-hydrogen) atoms. The van der Waals surface area contributed by atoms with Gasteiger partial charge in [-0.25, -0.2) is 4.79 Å². The smallest absolute Gasteiger partial charge is 0.465 e. The minimum atomic E-state index is -0.804. The average molecular weight is 812 g/mol. The van der Waals surface area contributed by atoms with Gasteiger partial charge in [-0.1, -0.05) is 148 Å². The van der Waals surface area contributed by atoms with Crippen LogP contribution in [0.1, 0.15) is 201 Å². The van der Waals surface area contributed by atoms with Crippen molar-refractivity contribution in [2.45, 2.75) is 207 Å². The molecule has 0 rings (SSSR count). The lowest BCUT2D eigenvalue weighted by atomic mass is 10.1. The van der Waals surface area contributed by atoms with Crippen molar-refractivity contribution >= 4 is 18.1 Å². The number of esters is 2. The maximum atomic E-state index is 12.9. The summed E-state index contributed by atoms with van der Waals surface area (Å²) in [5.41, 5.74) is 0. The molecule has 0 amide bonds. The molecule has 0 aliphatic heterocycles. The van der Waals surface area contributed by atoms with Crippen molar-refractivity contribution in [3.63, 3.8) is 0 Å². The Bertz CT molecular complexity index is 911. The van der Waals surface area contributed by atoms with Crippen LogP contribution in [0, 0.1) is 5.92 Å². The molecule has 0 fully saturated rings. The van der Waals surface area contributed by atoms with Crippen LogP contribution in [0.5, 0.6) is 0 Å². The van der Waals surface area contributed by atoms with Gasteiger partial charge in [0.15, 0.2) is 6.29 Å².